The van der Waals surface area contributed by atoms with Crippen LogP contribution >= 0.6 is 0 Å². The topological polar surface area (TPSA) is 57.6 Å². The summed E-state index contributed by atoms with van der Waals surface area (Å²) in [6, 6.07) is 11.9. The van der Waals surface area contributed by atoms with E-state index in [1.165, 1.54) is 11.0 Å². The first-order chi connectivity index (χ1) is 9.52. The van der Waals surface area contributed by atoms with Crippen molar-refractivity contribution in [3.8, 4) is 16.9 Å². The standard InChI is InChI=1S/C16H15NO3/c1-17(2)16(20)13-5-3-4-11(8-13)12-6-7-14(10-18)15(19)9-12/h3-10,19H,1-2H3. The molecule has 0 unspecified atom stereocenters. The number of rotatable bonds is 3. The highest BCUT2D eigenvalue weighted by Crippen LogP contribution is 2.26. The number of phenols is 1. The quantitative estimate of drug-likeness (QED) is 0.871. The second-order valence-electron chi connectivity index (χ2n) is 4.67. The maximum absolute atomic E-state index is 11.9. The van der Waals surface area contributed by atoms with Crippen LogP contribution in [-0.4, -0.2) is 36.3 Å². The molecule has 0 saturated carbocycles. The van der Waals surface area contributed by atoms with Crippen LogP contribution in [0.1, 0.15) is 20.7 Å². The van der Waals surface area contributed by atoms with Crippen LogP contribution in [0.2, 0.25) is 0 Å². The number of benzene rings is 2. The molecule has 2 aromatic carbocycles. The molecule has 0 aromatic heterocycles. The Bertz CT molecular complexity index is 663. The van der Waals surface area contributed by atoms with E-state index in [2.05, 4.69) is 0 Å². The SMILES string of the molecule is CN(C)C(=O)c1cccc(-c2ccc(C=O)c(O)c2)c1. The lowest BCUT2D eigenvalue weighted by Crippen LogP contribution is -2.21. The van der Waals surface area contributed by atoms with Crippen molar-refractivity contribution in [1.82, 2.24) is 4.90 Å². The molecule has 0 aliphatic rings. The van der Waals surface area contributed by atoms with Crippen molar-refractivity contribution in [2.24, 2.45) is 0 Å². The van der Waals surface area contributed by atoms with Crippen LogP contribution in [0.15, 0.2) is 42.5 Å². The Morgan fingerprint density at radius 3 is 2.40 bits per heavy atom. The lowest BCUT2D eigenvalue weighted by molar-refractivity contribution is 0.0827. The molecule has 0 bridgehead atoms. The smallest absolute Gasteiger partial charge is 0.253 e. The Hall–Kier alpha value is -2.62. The van der Waals surface area contributed by atoms with Crippen LogP contribution in [0.25, 0.3) is 11.1 Å². The first-order valence-corrected chi connectivity index (χ1v) is 6.13. The highest BCUT2D eigenvalue weighted by molar-refractivity contribution is 5.95. The molecule has 4 heteroatoms. The molecule has 2 aromatic rings. The van der Waals surface area contributed by atoms with E-state index in [1.54, 1.807) is 44.4 Å². The molecule has 0 saturated heterocycles. The number of phenolic OH excluding ortho intramolecular Hbond substituents is 1. The number of carbonyl (C=O) groups excluding carboxylic acids is 2. The normalized spacial score (nSPS) is 10.1. The summed E-state index contributed by atoms with van der Waals surface area (Å²) in [6.45, 7) is 0. The lowest BCUT2D eigenvalue weighted by atomic mass is 10.0. The fourth-order valence-corrected chi connectivity index (χ4v) is 1.91. The van der Waals surface area contributed by atoms with E-state index in [9.17, 15) is 14.7 Å². The number of nitrogens with zero attached hydrogens (tertiary/aromatic N) is 1. The predicted octanol–water partition coefficient (Wildman–Crippen LogP) is 2.57. The van der Waals surface area contributed by atoms with Gasteiger partial charge < -0.3 is 10.0 Å². The minimum absolute atomic E-state index is 0.0677. The molecule has 0 heterocycles. The number of aldehydes is 1. The molecule has 0 aliphatic heterocycles. The fourth-order valence-electron chi connectivity index (χ4n) is 1.91. The van der Waals surface area contributed by atoms with Crippen LogP contribution < -0.4 is 0 Å². The van der Waals surface area contributed by atoms with Crippen LogP contribution in [0, 0.1) is 0 Å². The van der Waals surface area contributed by atoms with Crippen LogP contribution in [0.5, 0.6) is 5.75 Å². The van der Waals surface area contributed by atoms with Gasteiger partial charge in [-0.05, 0) is 35.4 Å². The second kappa shape index (κ2) is 5.57. The third kappa shape index (κ3) is 2.69. The van der Waals surface area contributed by atoms with E-state index in [0.29, 0.717) is 11.8 Å². The number of aromatic hydroxyl groups is 1. The predicted molar refractivity (Wildman–Crippen MR) is 76.9 cm³/mol. The highest BCUT2D eigenvalue weighted by Gasteiger charge is 2.10. The molecular weight excluding hydrogens is 254 g/mol. The van der Waals surface area contributed by atoms with Crippen molar-refractivity contribution >= 4 is 12.2 Å². The Morgan fingerprint density at radius 1 is 1.10 bits per heavy atom. The summed E-state index contributed by atoms with van der Waals surface area (Å²) in [5, 5.41) is 9.71. The second-order valence-corrected chi connectivity index (χ2v) is 4.67. The molecule has 0 aliphatic carbocycles. The Morgan fingerprint density at radius 2 is 1.80 bits per heavy atom. The molecule has 1 amide bonds. The summed E-state index contributed by atoms with van der Waals surface area (Å²) in [4.78, 5) is 24.1. The molecule has 4 nitrogen and oxygen atoms in total. The summed E-state index contributed by atoms with van der Waals surface area (Å²) in [6.07, 6.45) is 0.602. The zero-order chi connectivity index (χ0) is 14.7. The minimum Gasteiger partial charge on any atom is -0.507 e. The van der Waals surface area contributed by atoms with Gasteiger partial charge in [0, 0.05) is 19.7 Å². The minimum atomic E-state index is -0.0828. The molecule has 0 spiro atoms. The van der Waals surface area contributed by atoms with Gasteiger partial charge in [0.1, 0.15) is 5.75 Å². The summed E-state index contributed by atoms with van der Waals surface area (Å²) in [5.41, 5.74) is 2.38. The molecule has 102 valence electrons. The van der Waals surface area contributed by atoms with Gasteiger partial charge in [-0.2, -0.15) is 0 Å². The summed E-state index contributed by atoms with van der Waals surface area (Å²) < 4.78 is 0. The van der Waals surface area contributed by atoms with Gasteiger partial charge in [0.15, 0.2) is 6.29 Å². The summed E-state index contributed by atoms with van der Waals surface area (Å²) >= 11 is 0. The fraction of sp³-hybridized carbons (Fsp3) is 0.125. The van der Waals surface area contributed by atoms with Crippen molar-refractivity contribution in [2.75, 3.05) is 14.1 Å². The van der Waals surface area contributed by atoms with Crippen molar-refractivity contribution in [1.29, 1.82) is 0 Å². The zero-order valence-electron chi connectivity index (χ0n) is 11.3. The molecule has 0 fully saturated rings. The number of carbonyl (C=O) groups is 2. The van der Waals surface area contributed by atoms with E-state index in [1.807, 2.05) is 6.07 Å². The van der Waals surface area contributed by atoms with E-state index < -0.39 is 0 Å². The van der Waals surface area contributed by atoms with Gasteiger partial charge in [-0.15, -0.1) is 0 Å². The molecular formula is C16H15NO3. The van der Waals surface area contributed by atoms with E-state index in [0.717, 1.165) is 11.1 Å². The first-order valence-electron chi connectivity index (χ1n) is 6.13. The van der Waals surface area contributed by atoms with Gasteiger partial charge in [0.2, 0.25) is 0 Å². The monoisotopic (exact) mass is 269 g/mol. The zero-order valence-corrected chi connectivity index (χ0v) is 11.3. The van der Waals surface area contributed by atoms with Gasteiger partial charge in [-0.25, -0.2) is 0 Å². The molecule has 20 heavy (non-hydrogen) atoms. The average molecular weight is 269 g/mol. The van der Waals surface area contributed by atoms with E-state index >= 15 is 0 Å². The Labute approximate surface area is 117 Å². The average Bonchev–Trinajstić information content (AvgIpc) is 2.46. The first kappa shape index (κ1) is 13.8. The highest BCUT2D eigenvalue weighted by atomic mass is 16.3. The number of amides is 1. The maximum Gasteiger partial charge on any atom is 0.253 e. The van der Waals surface area contributed by atoms with Crippen LogP contribution in [0.3, 0.4) is 0 Å². The molecule has 1 N–H and O–H groups in total. The third-order valence-electron chi connectivity index (χ3n) is 3.01. The van der Waals surface area contributed by atoms with Gasteiger partial charge in [0.05, 0.1) is 5.56 Å². The number of hydrogen-bond donors (Lipinski definition) is 1. The Balaban J connectivity index is 2.43. The largest absolute Gasteiger partial charge is 0.507 e. The van der Waals surface area contributed by atoms with Crippen LogP contribution in [-0.2, 0) is 0 Å². The van der Waals surface area contributed by atoms with Gasteiger partial charge in [0.25, 0.3) is 5.91 Å². The van der Waals surface area contributed by atoms with Crippen LogP contribution in [0.4, 0.5) is 0 Å². The van der Waals surface area contributed by atoms with Crippen molar-refractivity contribution in [3.63, 3.8) is 0 Å². The van der Waals surface area contributed by atoms with Gasteiger partial charge in [-0.1, -0.05) is 18.2 Å². The molecule has 0 atom stereocenters. The maximum atomic E-state index is 11.9. The third-order valence-corrected chi connectivity index (χ3v) is 3.01. The molecule has 0 radical (unpaired) electrons. The lowest BCUT2D eigenvalue weighted by Gasteiger charge is -2.11. The summed E-state index contributed by atoms with van der Waals surface area (Å²) in [7, 11) is 3.39. The van der Waals surface area contributed by atoms with Crippen molar-refractivity contribution in [3.05, 3.63) is 53.6 Å². The van der Waals surface area contributed by atoms with Crippen molar-refractivity contribution in [2.45, 2.75) is 0 Å². The number of hydrogen-bond acceptors (Lipinski definition) is 3. The summed E-state index contributed by atoms with van der Waals surface area (Å²) in [5.74, 6) is -0.151. The van der Waals surface area contributed by atoms with Gasteiger partial charge in [-0.3, -0.25) is 9.59 Å². The van der Waals surface area contributed by atoms with Crippen molar-refractivity contribution < 1.29 is 14.7 Å². The molecule has 2 rings (SSSR count). The van der Waals surface area contributed by atoms with Gasteiger partial charge >= 0.3 is 0 Å². The van der Waals surface area contributed by atoms with E-state index in [4.69, 9.17) is 0 Å². The Kier molecular flexibility index (Phi) is 3.84. The van der Waals surface area contributed by atoms with E-state index in [-0.39, 0.29) is 17.2 Å².